The number of hydrogen-bond donors (Lipinski definition) is 2. The summed E-state index contributed by atoms with van der Waals surface area (Å²) in [5.74, 6) is 0.744. The van der Waals surface area contributed by atoms with E-state index in [4.69, 9.17) is 5.73 Å². The van der Waals surface area contributed by atoms with Gasteiger partial charge in [0.15, 0.2) is 0 Å². The largest absolute Gasteiger partial charge is 0.398 e. The van der Waals surface area contributed by atoms with Crippen LogP contribution >= 0.6 is 27.7 Å². The molecule has 0 heterocycles. The topological polar surface area (TPSA) is 46.2 Å². The van der Waals surface area contributed by atoms with Crippen LogP contribution in [0.1, 0.15) is 25.7 Å². The molecule has 2 nitrogen and oxygen atoms in total. The van der Waals surface area contributed by atoms with Crippen LogP contribution in [0.2, 0.25) is 0 Å². The second-order valence-corrected chi connectivity index (χ2v) is 6.34. The van der Waals surface area contributed by atoms with E-state index in [-0.39, 0.29) is 0 Å². The van der Waals surface area contributed by atoms with Gasteiger partial charge >= 0.3 is 0 Å². The SMILES string of the molecule is Nc1ccc(Br)cc1SCC1(O)CCCC1. The molecule has 1 saturated carbocycles. The molecule has 1 aliphatic carbocycles. The minimum Gasteiger partial charge on any atom is -0.398 e. The Kier molecular flexibility index (Phi) is 3.82. The molecule has 4 heteroatoms. The van der Waals surface area contributed by atoms with Gasteiger partial charge in [0.2, 0.25) is 0 Å². The smallest absolute Gasteiger partial charge is 0.0741 e. The number of rotatable bonds is 3. The number of nitrogen functional groups attached to an aromatic ring is 1. The molecule has 0 aromatic heterocycles. The predicted octanol–water partition coefficient (Wildman–Crippen LogP) is 3.43. The first kappa shape index (κ1) is 12.3. The zero-order valence-corrected chi connectivity index (χ0v) is 11.5. The molecule has 88 valence electrons. The second-order valence-electron chi connectivity index (χ2n) is 4.40. The lowest BCUT2D eigenvalue weighted by Gasteiger charge is -2.21. The van der Waals surface area contributed by atoms with Crippen LogP contribution in [0.25, 0.3) is 0 Å². The number of thioether (sulfide) groups is 1. The molecule has 1 aromatic rings. The van der Waals surface area contributed by atoms with Crippen molar-refractivity contribution in [3.63, 3.8) is 0 Å². The fraction of sp³-hybridized carbons (Fsp3) is 0.500. The van der Waals surface area contributed by atoms with Crippen molar-refractivity contribution in [1.29, 1.82) is 0 Å². The summed E-state index contributed by atoms with van der Waals surface area (Å²) in [6.07, 6.45) is 4.14. The van der Waals surface area contributed by atoms with Gasteiger partial charge in [0.25, 0.3) is 0 Å². The van der Waals surface area contributed by atoms with Crippen molar-refractivity contribution in [2.45, 2.75) is 36.2 Å². The third-order valence-corrected chi connectivity index (χ3v) is 4.85. The number of hydrogen-bond acceptors (Lipinski definition) is 3. The highest BCUT2D eigenvalue weighted by Gasteiger charge is 2.31. The number of nitrogens with two attached hydrogens (primary N) is 1. The van der Waals surface area contributed by atoms with E-state index in [1.54, 1.807) is 11.8 Å². The van der Waals surface area contributed by atoms with Crippen molar-refractivity contribution >= 4 is 33.4 Å². The highest BCUT2D eigenvalue weighted by atomic mass is 79.9. The normalized spacial score (nSPS) is 18.9. The maximum Gasteiger partial charge on any atom is 0.0741 e. The van der Waals surface area contributed by atoms with Gasteiger partial charge in [0, 0.05) is 20.8 Å². The number of benzene rings is 1. The summed E-state index contributed by atoms with van der Waals surface area (Å²) in [6.45, 7) is 0. The maximum atomic E-state index is 10.2. The zero-order chi connectivity index (χ0) is 11.6. The number of halogens is 1. The number of aliphatic hydroxyl groups is 1. The van der Waals surface area contributed by atoms with Crippen molar-refractivity contribution in [3.05, 3.63) is 22.7 Å². The first-order chi connectivity index (χ1) is 7.59. The lowest BCUT2D eigenvalue weighted by atomic mass is 10.1. The second kappa shape index (κ2) is 4.98. The minimum atomic E-state index is -0.473. The molecule has 0 aliphatic heterocycles. The van der Waals surface area contributed by atoms with Crippen LogP contribution in [0, 0.1) is 0 Å². The fourth-order valence-electron chi connectivity index (χ4n) is 2.02. The van der Waals surface area contributed by atoms with Crippen molar-refractivity contribution in [2.75, 3.05) is 11.5 Å². The van der Waals surface area contributed by atoms with E-state index in [1.165, 1.54) is 0 Å². The van der Waals surface area contributed by atoms with Crippen molar-refractivity contribution < 1.29 is 5.11 Å². The first-order valence-electron chi connectivity index (χ1n) is 5.49. The lowest BCUT2D eigenvalue weighted by Crippen LogP contribution is -2.27. The van der Waals surface area contributed by atoms with E-state index in [2.05, 4.69) is 15.9 Å². The highest BCUT2D eigenvalue weighted by molar-refractivity contribution is 9.10. The molecule has 1 aliphatic rings. The van der Waals surface area contributed by atoms with Crippen LogP contribution < -0.4 is 5.73 Å². The Morgan fingerprint density at radius 1 is 1.38 bits per heavy atom. The summed E-state index contributed by atoms with van der Waals surface area (Å²) >= 11 is 5.08. The molecule has 0 unspecified atom stereocenters. The van der Waals surface area contributed by atoms with Gasteiger partial charge in [0.1, 0.15) is 0 Å². The molecule has 1 aromatic carbocycles. The van der Waals surface area contributed by atoms with Crippen LogP contribution in [0.5, 0.6) is 0 Å². The van der Waals surface area contributed by atoms with Gasteiger partial charge < -0.3 is 10.8 Å². The summed E-state index contributed by atoms with van der Waals surface area (Å²) < 4.78 is 1.03. The standard InChI is InChI=1S/C12H16BrNOS/c13-9-3-4-10(14)11(7-9)16-8-12(15)5-1-2-6-12/h3-4,7,15H,1-2,5-6,8,14H2. The fourth-order valence-corrected chi connectivity index (χ4v) is 3.69. The Morgan fingerprint density at radius 2 is 2.06 bits per heavy atom. The Hall–Kier alpha value is -0.190. The Balaban J connectivity index is 2.01. The van der Waals surface area contributed by atoms with Crippen LogP contribution in [-0.2, 0) is 0 Å². The van der Waals surface area contributed by atoms with Gasteiger partial charge in [-0.2, -0.15) is 0 Å². The molecule has 0 amide bonds. The van der Waals surface area contributed by atoms with E-state index in [0.717, 1.165) is 46.5 Å². The summed E-state index contributed by atoms with van der Waals surface area (Å²) in [5.41, 5.74) is 6.21. The Labute approximate surface area is 109 Å². The Bertz CT molecular complexity index is 377. The molecule has 0 radical (unpaired) electrons. The average Bonchev–Trinajstić information content (AvgIpc) is 2.67. The predicted molar refractivity (Wildman–Crippen MR) is 72.7 cm³/mol. The third-order valence-electron chi connectivity index (χ3n) is 3.01. The molecule has 1 fully saturated rings. The summed E-state index contributed by atoms with van der Waals surface area (Å²) in [6, 6.07) is 5.84. The van der Waals surface area contributed by atoms with E-state index in [9.17, 15) is 5.11 Å². The molecular formula is C12H16BrNOS. The molecule has 0 saturated heterocycles. The molecular weight excluding hydrogens is 286 g/mol. The van der Waals surface area contributed by atoms with Crippen molar-refractivity contribution in [1.82, 2.24) is 0 Å². The van der Waals surface area contributed by atoms with Gasteiger partial charge in [0.05, 0.1) is 5.60 Å². The zero-order valence-electron chi connectivity index (χ0n) is 9.08. The number of anilines is 1. The molecule has 0 atom stereocenters. The van der Waals surface area contributed by atoms with Crippen molar-refractivity contribution in [2.24, 2.45) is 0 Å². The summed E-state index contributed by atoms with van der Waals surface area (Å²) in [7, 11) is 0. The van der Waals surface area contributed by atoms with Gasteiger partial charge in [-0.1, -0.05) is 28.8 Å². The molecule has 0 bridgehead atoms. The summed E-state index contributed by atoms with van der Waals surface area (Å²) in [5, 5.41) is 10.2. The van der Waals surface area contributed by atoms with Crippen LogP contribution in [0.15, 0.2) is 27.6 Å². The van der Waals surface area contributed by atoms with E-state index >= 15 is 0 Å². The van der Waals surface area contributed by atoms with Gasteiger partial charge in [-0.25, -0.2) is 0 Å². The molecule has 2 rings (SSSR count). The lowest BCUT2D eigenvalue weighted by molar-refractivity contribution is 0.0733. The molecule has 16 heavy (non-hydrogen) atoms. The monoisotopic (exact) mass is 301 g/mol. The van der Waals surface area contributed by atoms with Crippen LogP contribution in [0.3, 0.4) is 0 Å². The Morgan fingerprint density at radius 3 is 2.75 bits per heavy atom. The van der Waals surface area contributed by atoms with Gasteiger partial charge in [-0.05, 0) is 31.0 Å². The minimum absolute atomic E-state index is 0.473. The molecule has 3 N–H and O–H groups in total. The van der Waals surface area contributed by atoms with Gasteiger partial charge in [-0.3, -0.25) is 0 Å². The first-order valence-corrected chi connectivity index (χ1v) is 7.27. The van der Waals surface area contributed by atoms with Crippen LogP contribution in [0.4, 0.5) is 5.69 Å². The summed E-state index contributed by atoms with van der Waals surface area (Å²) in [4.78, 5) is 1.05. The maximum absolute atomic E-state index is 10.2. The highest BCUT2D eigenvalue weighted by Crippen LogP contribution is 2.36. The van der Waals surface area contributed by atoms with E-state index < -0.39 is 5.60 Å². The van der Waals surface area contributed by atoms with E-state index in [0.29, 0.717) is 0 Å². The van der Waals surface area contributed by atoms with Gasteiger partial charge in [-0.15, -0.1) is 11.8 Å². The van der Waals surface area contributed by atoms with E-state index in [1.807, 2.05) is 18.2 Å². The average molecular weight is 302 g/mol. The quantitative estimate of drug-likeness (QED) is 0.664. The van der Waals surface area contributed by atoms with Crippen molar-refractivity contribution in [3.8, 4) is 0 Å². The van der Waals surface area contributed by atoms with Crippen LogP contribution in [-0.4, -0.2) is 16.5 Å². The molecule has 0 spiro atoms. The third kappa shape index (κ3) is 2.93.